The molecular formula is C76H126BaO6S2. The molecule has 0 N–H and O–H groups in total. The van der Waals surface area contributed by atoms with E-state index >= 15 is 0 Å². The van der Waals surface area contributed by atoms with E-state index in [-0.39, 0.29) is 58.7 Å². The average Bonchev–Trinajstić information content (AvgIpc) is 3.36. The molecule has 480 valence electrons. The van der Waals surface area contributed by atoms with Crippen LogP contribution in [0.3, 0.4) is 0 Å². The second-order valence-electron chi connectivity index (χ2n) is 25.7. The molecule has 0 heterocycles. The van der Waals surface area contributed by atoms with Gasteiger partial charge >= 0.3 is 48.9 Å². The SMILES string of the molecule is CCCCCCCCCCCCCCc1cc(CCCCCCCCCCCCCC)c2cccc(S(=O)(=O)[O-])c2c1.CCCCCCCCCCCCCCc1cc(CCCCCCCCCCCCCC)c2cccc(S(=O)(=O)[O-])c2c1.[Ba+2]. The summed E-state index contributed by atoms with van der Waals surface area (Å²) in [5.41, 5.74) is 4.78. The Balaban J connectivity index is 0.000000573. The minimum atomic E-state index is -4.51. The fraction of sp³-hybridized carbons (Fsp3) is 0.737. The normalized spacial score (nSPS) is 11.8. The van der Waals surface area contributed by atoms with Crippen LogP contribution in [0.15, 0.2) is 70.5 Å². The van der Waals surface area contributed by atoms with Crippen LogP contribution in [0, 0.1) is 0 Å². The van der Waals surface area contributed by atoms with Gasteiger partial charge in [-0.25, -0.2) is 16.8 Å². The number of aryl methyl sites for hydroxylation is 4. The van der Waals surface area contributed by atoms with Crippen LogP contribution in [0.5, 0.6) is 0 Å². The van der Waals surface area contributed by atoms with Crippen LogP contribution < -0.4 is 0 Å². The van der Waals surface area contributed by atoms with Gasteiger partial charge in [0.2, 0.25) is 0 Å². The molecular weight excluding hydrogens is 1210 g/mol. The van der Waals surface area contributed by atoms with Crippen molar-refractivity contribution in [3.63, 3.8) is 0 Å². The largest absolute Gasteiger partial charge is 2.00 e. The fourth-order valence-electron chi connectivity index (χ4n) is 12.8. The Morgan fingerprint density at radius 3 is 0.671 bits per heavy atom. The molecule has 0 saturated carbocycles. The third kappa shape index (κ3) is 38.3. The van der Waals surface area contributed by atoms with Crippen molar-refractivity contribution in [2.45, 2.75) is 371 Å². The number of hydrogen-bond acceptors (Lipinski definition) is 6. The first kappa shape index (κ1) is 79.9. The molecule has 4 aromatic rings. The number of hydrogen-bond donors (Lipinski definition) is 0. The van der Waals surface area contributed by atoms with Gasteiger partial charge in [-0.05, 0) is 119 Å². The maximum atomic E-state index is 12.1. The smallest absolute Gasteiger partial charge is 0.744 e. The first-order valence-electron chi connectivity index (χ1n) is 35.9. The van der Waals surface area contributed by atoms with E-state index in [1.807, 2.05) is 24.3 Å². The van der Waals surface area contributed by atoms with Crippen molar-refractivity contribution >= 4 is 90.7 Å². The molecule has 0 aliphatic heterocycles. The van der Waals surface area contributed by atoms with E-state index in [4.69, 9.17) is 0 Å². The Kier molecular flexibility index (Phi) is 49.3. The van der Waals surface area contributed by atoms with Gasteiger partial charge in [-0.1, -0.05) is 347 Å². The van der Waals surface area contributed by atoms with Gasteiger partial charge in [0.05, 0.1) is 9.79 Å². The van der Waals surface area contributed by atoms with Gasteiger partial charge in [0, 0.05) is 0 Å². The van der Waals surface area contributed by atoms with Crippen molar-refractivity contribution in [1.82, 2.24) is 0 Å². The average molecular weight is 1340 g/mol. The fourth-order valence-corrected chi connectivity index (χ4v) is 14.2. The predicted molar refractivity (Wildman–Crippen MR) is 369 cm³/mol. The quantitative estimate of drug-likeness (QED) is 0.0247. The Labute approximate surface area is 565 Å². The van der Waals surface area contributed by atoms with Crippen molar-refractivity contribution in [3.05, 3.63) is 82.9 Å². The van der Waals surface area contributed by atoms with Gasteiger partial charge in [0.25, 0.3) is 0 Å². The summed E-state index contributed by atoms with van der Waals surface area (Å²) >= 11 is 0. The third-order valence-corrected chi connectivity index (χ3v) is 19.8. The van der Waals surface area contributed by atoms with E-state index in [0.717, 1.165) is 62.1 Å². The third-order valence-electron chi connectivity index (χ3n) is 18.0. The Hall–Kier alpha value is -1.21. The zero-order valence-corrected chi connectivity index (χ0v) is 61.6. The van der Waals surface area contributed by atoms with Crippen LogP contribution in [0.25, 0.3) is 21.5 Å². The van der Waals surface area contributed by atoms with Crippen LogP contribution in [0.1, 0.15) is 358 Å². The van der Waals surface area contributed by atoms with E-state index in [0.29, 0.717) is 10.8 Å². The van der Waals surface area contributed by atoms with Gasteiger partial charge in [-0.3, -0.25) is 0 Å². The Morgan fingerprint density at radius 2 is 0.459 bits per heavy atom. The molecule has 9 heteroatoms. The molecule has 0 fully saturated rings. The number of benzene rings is 4. The Morgan fingerprint density at radius 1 is 0.259 bits per heavy atom. The molecule has 0 saturated heterocycles. The van der Waals surface area contributed by atoms with Crippen LogP contribution in [-0.4, -0.2) is 74.8 Å². The topological polar surface area (TPSA) is 114 Å². The van der Waals surface area contributed by atoms with Crippen molar-refractivity contribution in [1.29, 1.82) is 0 Å². The summed E-state index contributed by atoms with van der Waals surface area (Å²) in [5, 5.41) is 3.12. The molecule has 0 unspecified atom stereocenters. The van der Waals surface area contributed by atoms with Gasteiger partial charge in [-0.2, -0.15) is 0 Å². The first-order chi connectivity index (χ1) is 40.9. The molecule has 0 aromatic heterocycles. The zero-order valence-electron chi connectivity index (χ0n) is 55.5. The summed E-state index contributed by atoms with van der Waals surface area (Å²) in [6, 6.07) is 18.9. The summed E-state index contributed by atoms with van der Waals surface area (Å²) in [4.78, 5) is -0.125. The predicted octanol–water partition coefficient (Wildman–Crippen LogP) is 24.1. The maximum Gasteiger partial charge on any atom is 2.00 e. The monoisotopic (exact) mass is 1340 g/mol. The zero-order chi connectivity index (χ0) is 60.6. The maximum absolute atomic E-state index is 12.1. The van der Waals surface area contributed by atoms with E-state index in [2.05, 4.69) is 39.8 Å². The van der Waals surface area contributed by atoms with Gasteiger partial charge < -0.3 is 9.11 Å². The van der Waals surface area contributed by atoms with Gasteiger partial charge in [0.15, 0.2) is 0 Å². The van der Waals surface area contributed by atoms with Crippen molar-refractivity contribution in [2.24, 2.45) is 0 Å². The van der Waals surface area contributed by atoms with Crippen molar-refractivity contribution in [2.75, 3.05) is 0 Å². The number of fused-ring (bicyclic) bond motifs is 2. The Bertz CT molecular complexity index is 2300. The van der Waals surface area contributed by atoms with E-state index in [9.17, 15) is 25.9 Å². The van der Waals surface area contributed by atoms with Gasteiger partial charge in [0.1, 0.15) is 20.2 Å². The van der Waals surface area contributed by atoms with Crippen LogP contribution in [-0.2, 0) is 45.9 Å². The molecule has 85 heavy (non-hydrogen) atoms. The summed E-state index contributed by atoms with van der Waals surface area (Å²) in [7, 11) is -9.01. The van der Waals surface area contributed by atoms with Crippen LogP contribution in [0.4, 0.5) is 0 Å². The molecule has 0 amide bonds. The molecule has 4 rings (SSSR count). The molecule has 0 aliphatic carbocycles. The minimum Gasteiger partial charge on any atom is -0.744 e. The molecule has 4 aromatic carbocycles. The number of rotatable bonds is 54. The van der Waals surface area contributed by atoms with Crippen LogP contribution in [0.2, 0.25) is 0 Å². The summed E-state index contributed by atoms with van der Waals surface area (Å²) in [5.74, 6) is 0. The van der Waals surface area contributed by atoms with E-state index < -0.39 is 20.2 Å². The van der Waals surface area contributed by atoms with Crippen molar-refractivity contribution < 1.29 is 25.9 Å². The van der Waals surface area contributed by atoms with E-state index in [1.54, 1.807) is 12.1 Å². The molecule has 0 spiro atoms. The van der Waals surface area contributed by atoms with Crippen LogP contribution >= 0.6 is 0 Å². The molecule has 0 radical (unpaired) electrons. The minimum absolute atomic E-state index is 0. The summed E-state index contributed by atoms with van der Waals surface area (Å²) in [6.07, 6.45) is 67.4. The molecule has 6 nitrogen and oxygen atoms in total. The van der Waals surface area contributed by atoms with Crippen molar-refractivity contribution in [3.8, 4) is 0 Å². The summed E-state index contributed by atoms with van der Waals surface area (Å²) in [6.45, 7) is 9.09. The molecule has 0 bridgehead atoms. The second-order valence-corrected chi connectivity index (χ2v) is 28.4. The van der Waals surface area contributed by atoms with E-state index in [1.165, 1.54) is 317 Å². The standard InChI is InChI=1S/2C38H64O3S.Ba/c2*1-3-5-7-9-11-13-15-17-19-21-23-25-28-34-32-35(36-30-27-31-38(37(36)33-34)42(39,40)41)29-26-24-22-20-18-16-14-12-10-8-6-4-2;/h2*27,30-33H,3-26,28-29H2,1-2H3,(H,39,40,41);/q;;+2/p-2. The number of unbranched alkanes of at least 4 members (excludes halogenated alkanes) is 44. The first-order valence-corrected chi connectivity index (χ1v) is 38.8. The molecule has 0 atom stereocenters. The second kappa shape index (κ2) is 52.4. The molecule has 0 aliphatic rings. The van der Waals surface area contributed by atoms with Gasteiger partial charge in [-0.15, -0.1) is 0 Å². The summed E-state index contributed by atoms with van der Waals surface area (Å²) < 4.78 is 72.4.